The molecule has 1 aliphatic heterocycles. The second-order valence-electron chi connectivity index (χ2n) is 3.41. The summed E-state index contributed by atoms with van der Waals surface area (Å²) in [4.78, 5) is 44.8. The Morgan fingerprint density at radius 1 is 1.35 bits per heavy atom. The van der Waals surface area contributed by atoms with Gasteiger partial charge in [-0.05, 0) is 23.4 Å². The van der Waals surface area contributed by atoms with E-state index in [-0.39, 0.29) is 16.9 Å². The van der Waals surface area contributed by atoms with Crippen molar-refractivity contribution in [2.24, 2.45) is 5.18 Å². The van der Waals surface area contributed by atoms with Gasteiger partial charge in [-0.15, -0.1) is 4.91 Å². The first kappa shape index (κ1) is 10.9. The van der Waals surface area contributed by atoms with Crippen LogP contribution in [0.15, 0.2) is 23.4 Å². The fraction of sp³-hybridized carbons (Fsp3) is 0.100. The number of carboxylic acids is 1. The van der Waals surface area contributed by atoms with E-state index in [0.717, 1.165) is 4.90 Å². The third-order valence-corrected chi connectivity index (χ3v) is 2.35. The molecule has 1 aromatic carbocycles. The van der Waals surface area contributed by atoms with E-state index in [1.54, 1.807) is 0 Å². The number of Topliss-reactive ketones (excluding diaryl/α,β-unsaturated/α-hetero) is 1. The minimum absolute atomic E-state index is 0.00773. The van der Waals surface area contributed by atoms with Gasteiger partial charge in [0.15, 0.2) is 0 Å². The number of benzene rings is 1. The third-order valence-electron chi connectivity index (χ3n) is 2.35. The first-order valence-electron chi connectivity index (χ1n) is 4.60. The highest BCUT2D eigenvalue weighted by Crippen LogP contribution is 2.31. The van der Waals surface area contributed by atoms with E-state index < -0.39 is 24.2 Å². The maximum atomic E-state index is 11.5. The highest BCUT2D eigenvalue weighted by Gasteiger charge is 2.36. The van der Waals surface area contributed by atoms with Gasteiger partial charge in [0.2, 0.25) is 0 Å². The van der Waals surface area contributed by atoms with E-state index in [1.807, 2.05) is 0 Å². The molecule has 0 saturated heterocycles. The molecule has 1 aromatic rings. The van der Waals surface area contributed by atoms with Gasteiger partial charge in [0.1, 0.15) is 12.2 Å². The molecule has 17 heavy (non-hydrogen) atoms. The zero-order chi connectivity index (χ0) is 12.6. The fourth-order valence-corrected chi connectivity index (χ4v) is 1.64. The van der Waals surface area contributed by atoms with Crippen LogP contribution in [0.3, 0.4) is 0 Å². The van der Waals surface area contributed by atoms with Crippen molar-refractivity contribution in [2.45, 2.75) is 0 Å². The number of carbonyl (C=O) groups excluding carboxylic acids is 2. The molecule has 7 heteroatoms. The number of ketones is 1. The highest BCUT2D eigenvalue weighted by atomic mass is 16.4. The topological polar surface area (TPSA) is 104 Å². The van der Waals surface area contributed by atoms with Crippen LogP contribution in [0.5, 0.6) is 0 Å². The van der Waals surface area contributed by atoms with Gasteiger partial charge in [-0.1, -0.05) is 0 Å². The standard InChI is InChI=1S/C10H6N2O5/c13-8(14)4-12-7-2-1-5(11-17)3-6(7)9(15)10(12)16/h1-3H,4H2,(H,13,14). The van der Waals surface area contributed by atoms with Crippen molar-refractivity contribution in [2.75, 3.05) is 11.4 Å². The van der Waals surface area contributed by atoms with Crippen LogP contribution in [-0.4, -0.2) is 29.3 Å². The van der Waals surface area contributed by atoms with Crippen molar-refractivity contribution in [1.29, 1.82) is 0 Å². The normalized spacial score (nSPS) is 13.8. The van der Waals surface area contributed by atoms with Crippen molar-refractivity contribution in [3.8, 4) is 0 Å². The Hall–Kier alpha value is -2.57. The molecule has 1 N–H and O–H groups in total. The summed E-state index contributed by atoms with van der Waals surface area (Å²) < 4.78 is 0. The molecule has 0 bridgehead atoms. The number of aliphatic carboxylic acids is 1. The molecule has 0 saturated carbocycles. The summed E-state index contributed by atoms with van der Waals surface area (Å²) in [6.45, 7) is -0.592. The van der Waals surface area contributed by atoms with Crippen LogP contribution in [-0.2, 0) is 9.59 Å². The molecular weight excluding hydrogens is 228 g/mol. The van der Waals surface area contributed by atoms with E-state index in [2.05, 4.69) is 5.18 Å². The number of carboxylic acid groups (broad SMARTS) is 1. The lowest BCUT2D eigenvalue weighted by Gasteiger charge is -2.12. The van der Waals surface area contributed by atoms with Crippen molar-refractivity contribution in [1.82, 2.24) is 0 Å². The van der Waals surface area contributed by atoms with Crippen LogP contribution in [0.4, 0.5) is 11.4 Å². The minimum Gasteiger partial charge on any atom is -0.480 e. The molecular formula is C10H6N2O5. The van der Waals surface area contributed by atoms with Crippen LogP contribution in [0.25, 0.3) is 0 Å². The number of anilines is 1. The third kappa shape index (κ3) is 1.67. The Labute approximate surface area is 94.6 Å². The molecule has 0 spiro atoms. The van der Waals surface area contributed by atoms with Crippen LogP contribution < -0.4 is 4.90 Å². The number of hydrogen-bond donors (Lipinski definition) is 1. The Morgan fingerprint density at radius 2 is 2.06 bits per heavy atom. The molecule has 1 heterocycles. The second-order valence-corrected chi connectivity index (χ2v) is 3.41. The quantitative estimate of drug-likeness (QED) is 0.612. The van der Waals surface area contributed by atoms with Gasteiger partial charge in [0, 0.05) is 0 Å². The number of hydrogen-bond acceptors (Lipinski definition) is 5. The number of nitroso groups, excluding NO2 is 1. The van der Waals surface area contributed by atoms with E-state index in [9.17, 15) is 19.3 Å². The van der Waals surface area contributed by atoms with E-state index in [1.165, 1.54) is 18.2 Å². The number of fused-ring (bicyclic) bond motifs is 1. The zero-order valence-corrected chi connectivity index (χ0v) is 8.41. The molecule has 0 aromatic heterocycles. The smallest absolute Gasteiger partial charge is 0.323 e. The highest BCUT2D eigenvalue weighted by molar-refractivity contribution is 6.52. The molecule has 7 nitrogen and oxygen atoms in total. The lowest BCUT2D eigenvalue weighted by molar-refractivity contribution is -0.136. The van der Waals surface area contributed by atoms with Crippen LogP contribution in [0.1, 0.15) is 10.4 Å². The molecule has 1 amide bonds. The summed E-state index contributed by atoms with van der Waals surface area (Å²) >= 11 is 0. The van der Waals surface area contributed by atoms with Crippen molar-refractivity contribution in [3.63, 3.8) is 0 Å². The predicted octanol–water partition coefficient (Wildman–Crippen LogP) is 0.698. The first-order valence-corrected chi connectivity index (χ1v) is 4.60. The SMILES string of the molecule is O=Nc1ccc2c(c1)C(=O)C(=O)N2CC(=O)O. The summed E-state index contributed by atoms with van der Waals surface area (Å²) in [5.74, 6) is -2.96. The maximum absolute atomic E-state index is 11.5. The number of amides is 1. The monoisotopic (exact) mass is 234 g/mol. The van der Waals surface area contributed by atoms with Crippen LogP contribution in [0.2, 0.25) is 0 Å². The number of rotatable bonds is 3. The van der Waals surface area contributed by atoms with Crippen molar-refractivity contribution < 1.29 is 19.5 Å². The van der Waals surface area contributed by atoms with Gasteiger partial charge >= 0.3 is 5.97 Å². The van der Waals surface area contributed by atoms with E-state index in [4.69, 9.17) is 5.11 Å². The second kappa shape index (κ2) is 3.78. The van der Waals surface area contributed by atoms with Crippen molar-refractivity contribution in [3.05, 3.63) is 28.7 Å². The van der Waals surface area contributed by atoms with Gasteiger partial charge in [0.25, 0.3) is 11.7 Å². The Morgan fingerprint density at radius 3 is 2.65 bits per heavy atom. The molecule has 0 radical (unpaired) electrons. The Bertz CT molecular complexity index is 552. The van der Waals surface area contributed by atoms with E-state index in [0.29, 0.717) is 0 Å². The van der Waals surface area contributed by atoms with Gasteiger partial charge in [-0.3, -0.25) is 19.3 Å². The zero-order valence-electron chi connectivity index (χ0n) is 8.41. The summed E-state index contributed by atoms with van der Waals surface area (Å²) in [6, 6.07) is 3.81. The summed E-state index contributed by atoms with van der Waals surface area (Å²) in [7, 11) is 0. The summed E-state index contributed by atoms with van der Waals surface area (Å²) in [5, 5.41) is 11.3. The maximum Gasteiger partial charge on any atom is 0.323 e. The Kier molecular flexibility index (Phi) is 2.43. The van der Waals surface area contributed by atoms with Gasteiger partial charge in [-0.2, -0.15) is 0 Å². The Balaban J connectivity index is 2.50. The average Bonchev–Trinajstić information content (AvgIpc) is 2.54. The van der Waals surface area contributed by atoms with Gasteiger partial charge < -0.3 is 5.11 Å². The summed E-state index contributed by atoms with van der Waals surface area (Å²) in [5.41, 5.74) is 0.213. The molecule has 1 aliphatic rings. The molecule has 0 aliphatic carbocycles. The summed E-state index contributed by atoms with van der Waals surface area (Å²) in [6.07, 6.45) is 0. The largest absolute Gasteiger partial charge is 0.480 e. The minimum atomic E-state index is -1.23. The molecule has 2 rings (SSSR count). The average molecular weight is 234 g/mol. The number of nitrogens with zero attached hydrogens (tertiary/aromatic N) is 2. The van der Waals surface area contributed by atoms with Gasteiger partial charge in [-0.25, -0.2) is 0 Å². The molecule has 0 fully saturated rings. The molecule has 0 atom stereocenters. The lowest BCUT2D eigenvalue weighted by atomic mass is 10.1. The van der Waals surface area contributed by atoms with E-state index >= 15 is 0 Å². The lowest BCUT2D eigenvalue weighted by Crippen LogP contribution is -2.34. The predicted molar refractivity (Wildman–Crippen MR) is 56.2 cm³/mol. The van der Waals surface area contributed by atoms with Crippen molar-refractivity contribution >= 4 is 29.0 Å². The first-order chi connectivity index (χ1) is 8.04. The number of carbonyl (C=O) groups is 3. The molecule has 0 unspecified atom stereocenters. The van der Waals surface area contributed by atoms with Crippen LogP contribution >= 0.6 is 0 Å². The fourth-order valence-electron chi connectivity index (χ4n) is 1.64. The van der Waals surface area contributed by atoms with Gasteiger partial charge in [0.05, 0.1) is 11.3 Å². The van der Waals surface area contributed by atoms with Crippen LogP contribution in [0, 0.1) is 4.91 Å². The molecule has 86 valence electrons.